The number of carbonyl (C=O) groups is 1. The summed E-state index contributed by atoms with van der Waals surface area (Å²) in [6.07, 6.45) is 5.63. The fourth-order valence-electron chi connectivity index (χ4n) is 3.66. The lowest BCUT2D eigenvalue weighted by atomic mass is 9.86. The summed E-state index contributed by atoms with van der Waals surface area (Å²) < 4.78 is 11.5. The molecule has 0 N–H and O–H groups in total. The highest BCUT2D eigenvalue weighted by molar-refractivity contribution is 5.76. The minimum Gasteiger partial charge on any atom is -0.458 e. The maximum Gasteiger partial charge on any atom is 0.310 e. The number of ether oxygens (including phenoxy) is 2. The fourth-order valence-corrected chi connectivity index (χ4v) is 3.66. The molecule has 1 unspecified atom stereocenters. The van der Waals surface area contributed by atoms with Crippen LogP contribution >= 0.6 is 0 Å². The van der Waals surface area contributed by atoms with Gasteiger partial charge in [0.1, 0.15) is 6.10 Å². The zero-order valence-electron chi connectivity index (χ0n) is 13.9. The van der Waals surface area contributed by atoms with Gasteiger partial charge in [-0.2, -0.15) is 0 Å². The van der Waals surface area contributed by atoms with E-state index in [1.54, 1.807) is 0 Å². The van der Waals surface area contributed by atoms with Crippen LogP contribution in [0, 0.1) is 0 Å². The number of benzene rings is 1. The van der Waals surface area contributed by atoms with Gasteiger partial charge >= 0.3 is 5.97 Å². The summed E-state index contributed by atoms with van der Waals surface area (Å²) in [4.78, 5) is 11.7. The van der Waals surface area contributed by atoms with Gasteiger partial charge in [-0.3, -0.25) is 4.79 Å². The van der Waals surface area contributed by atoms with Crippen molar-refractivity contribution in [2.24, 2.45) is 0 Å². The third-order valence-electron chi connectivity index (χ3n) is 4.86. The van der Waals surface area contributed by atoms with Crippen molar-refractivity contribution >= 4 is 5.97 Å². The molecule has 1 aromatic rings. The number of fused-ring (bicyclic) bond motifs is 1. The molecule has 1 saturated carbocycles. The minimum atomic E-state index is -0.153. The normalized spacial score (nSPS) is 22.0. The average molecular weight is 302 g/mol. The topological polar surface area (TPSA) is 35.5 Å². The Kier molecular flexibility index (Phi) is 4.53. The maximum atomic E-state index is 11.7. The Morgan fingerprint density at radius 2 is 2.00 bits per heavy atom. The molecule has 0 saturated heterocycles. The van der Waals surface area contributed by atoms with Gasteiger partial charge in [0.2, 0.25) is 0 Å². The van der Waals surface area contributed by atoms with Crippen molar-refractivity contribution in [1.29, 1.82) is 0 Å². The number of rotatable bonds is 4. The van der Waals surface area contributed by atoms with Crippen LogP contribution in [0.15, 0.2) is 12.1 Å². The van der Waals surface area contributed by atoms with Crippen LogP contribution in [0.4, 0.5) is 0 Å². The van der Waals surface area contributed by atoms with Gasteiger partial charge in [0.15, 0.2) is 0 Å². The number of carbonyl (C=O) groups excluding carboxylic acids is 1. The van der Waals surface area contributed by atoms with Crippen molar-refractivity contribution in [1.82, 2.24) is 0 Å². The summed E-state index contributed by atoms with van der Waals surface area (Å²) in [5, 5.41) is 0. The lowest BCUT2D eigenvalue weighted by Gasteiger charge is -2.27. The summed E-state index contributed by atoms with van der Waals surface area (Å²) in [5.41, 5.74) is 4.81. The van der Waals surface area contributed by atoms with E-state index in [1.165, 1.54) is 42.4 Å². The molecule has 3 rings (SSSR count). The van der Waals surface area contributed by atoms with E-state index in [-0.39, 0.29) is 12.1 Å². The van der Waals surface area contributed by atoms with Crippen molar-refractivity contribution < 1.29 is 14.3 Å². The molecule has 1 aliphatic heterocycles. The fraction of sp³-hybridized carbons (Fsp3) is 0.632. The lowest BCUT2D eigenvalue weighted by molar-refractivity contribution is -0.149. The van der Waals surface area contributed by atoms with Gasteiger partial charge in [0, 0.05) is 0 Å². The van der Waals surface area contributed by atoms with Crippen LogP contribution in [0.5, 0.6) is 0 Å². The van der Waals surface area contributed by atoms with Crippen LogP contribution in [0.2, 0.25) is 0 Å². The predicted octanol–water partition coefficient (Wildman–Crippen LogP) is 4.43. The summed E-state index contributed by atoms with van der Waals surface area (Å²) in [7, 11) is 0. The monoisotopic (exact) mass is 302 g/mol. The summed E-state index contributed by atoms with van der Waals surface area (Å²) in [5.74, 6) is 0.287. The van der Waals surface area contributed by atoms with E-state index in [0.717, 1.165) is 5.56 Å². The van der Waals surface area contributed by atoms with E-state index in [4.69, 9.17) is 9.47 Å². The van der Waals surface area contributed by atoms with Crippen LogP contribution in [-0.2, 0) is 27.3 Å². The van der Waals surface area contributed by atoms with Crippen LogP contribution in [0.25, 0.3) is 0 Å². The average Bonchev–Trinajstić information content (AvgIpc) is 2.97. The smallest absolute Gasteiger partial charge is 0.310 e. The van der Waals surface area contributed by atoms with E-state index in [9.17, 15) is 4.79 Å². The van der Waals surface area contributed by atoms with Crippen molar-refractivity contribution in [2.75, 3.05) is 0 Å². The number of hydrogen-bond acceptors (Lipinski definition) is 3. The maximum absolute atomic E-state index is 11.7. The molecule has 2 aliphatic rings. The second kappa shape index (κ2) is 6.41. The van der Waals surface area contributed by atoms with Gasteiger partial charge < -0.3 is 9.47 Å². The van der Waals surface area contributed by atoms with E-state index in [0.29, 0.717) is 25.0 Å². The Morgan fingerprint density at radius 3 is 2.68 bits per heavy atom. The molecule has 120 valence electrons. The van der Waals surface area contributed by atoms with Crippen molar-refractivity contribution in [3.05, 3.63) is 34.4 Å². The van der Waals surface area contributed by atoms with Crippen LogP contribution in [0.3, 0.4) is 0 Å². The number of cyclic esters (lactones) is 1. The van der Waals surface area contributed by atoms with Crippen LogP contribution < -0.4 is 0 Å². The quantitative estimate of drug-likeness (QED) is 0.772. The van der Waals surface area contributed by atoms with Crippen LogP contribution in [0.1, 0.15) is 80.7 Å². The predicted molar refractivity (Wildman–Crippen MR) is 85.8 cm³/mol. The molecule has 1 atom stereocenters. The van der Waals surface area contributed by atoms with Gasteiger partial charge in [-0.15, -0.1) is 0 Å². The minimum absolute atomic E-state index is 0.114. The Bertz CT molecular complexity index is 539. The summed E-state index contributed by atoms with van der Waals surface area (Å²) in [6, 6.07) is 4.40. The number of esters is 1. The van der Waals surface area contributed by atoms with Crippen LogP contribution in [-0.4, -0.2) is 12.1 Å². The standard InChI is InChI=1S/C19H26O3/c1-12(2)16-8-14(11-21-15-6-4-5-7-15)9-17-13(3)22-19(20)10-18(16)17/h8-9,12-13,15H,4-7,10-11H2,1-3H3. The van der Waals surface area contributed by atoms with E-state index in [2.05, 4.69) is 26.0 Å². The van der Waals surface area contributed by atoms with E-state index < -0.39 is 0 Å². The molecule has 0 radical (unpaired) electrons. The van der Waals surface area contributed by atoms with Crippen molar-refractivity contribution in [2.45, 2.75) is 77.6 Å². The second-order valence-electron chi connectivity index (χ2n) is 6.93. The van der Waals surface area contributed by atoms with Gasteiger partial charge in [0.25, 0.3) is 0 Å². The van der Waals surface area contributed by atoms with Gasteiger partial charge in [-0.25, -0.2) is 0 Å². The summed E-state index contributed by atoms with van der Waals surface area (Å²) >= 11 is 0. The van der Waals surface area contributed by atoms with Gasteiger partial charge in [0.05, 0.1) is 19.1 Å². The molecular formula is C19H26O3. The molecule has 1 aliphatic carbocycles. The van der Waals surface area contributed by atoms with Crippen molar-refractivity contribution in [3.8, 4) is 0 Å². The molecule has 0 aromatic heterocycles. The third-order valence-corrected chi connectivity index (χ3v) is 4.86. The number of hydrogen-bond donors (Lipinski definition) is 0. The highest BCUT2D eigenvalue weighted by Crippen LogP contribution is 2.34. The Labute approximate surface area is 133 Å². The first-order valence-corrected chi connectivity index (χ1v) is 8.51. The molecule has 1 fully saturated rings. The zero-order chi connectivity index (χ0) is 15.7. The van der Waals surface area contributed by atoms with E-state index >= 15 is 0 Å². The highest BCUT2D eigenvalue weighted by Gasteiger charge is 2.27. The van der Waals surface area contributed by atoms with E-state index in [1.807, 2.05) is 6.92 Å². The molecule has 0 spiro atoms. The SMILES string of the molecule is CC(C)c1cc(COC2CCCC2)cc2c1CC(=O)OC2C. The molecule has 1 aromatic carbocycles. The molecule has 0 amide bonds. The second-order valence-corrected chi connectivity index (χ2v) is 6.93. The Balaban J connectivity index is 1.86. The molecule has 1 heterocycles. The highest BCUT2D eigenvalue weighted by atomic mass is 16.5. The molecular weight excluding hydrogens is 276 g/mol. The zero-order valence-corrected chi connectivity index (χ0v) is 13.9. The first-order valence-electron chi connectivity index (χ1n) is 8.51. The largest absolute Gasteiger partial charge is 0.458 e. The molecule has 22 heavy (non-hydrogen) atoms. The van der Waals surface area contributed by atoms with Crippen molar-refractivity contribution in [3.63, 3.8) is 0 Å². The molecule has 0 bridgehead atoms. The first kappa shape index (κ1) is 15.5. The first-order chi connectivity index (χ1) is 10.5. The third kappa shape index (κ3) is 3.19. The lowest BCUT2D eigenvalue weighted by Crippen LogP contribution is -2.22. The van der Waals surface area contributed by atoms with Gasteiger partial charge in [-0.05, 0) is 54.0 Å². The Hall–Kier alpha value is -1.35. The van der Waals surface area contributed by atoms with Gasteiger partial charge in [-0.1, -0.05) is 32.8 Å². The summed E-state index contributed by atoms with van der Waals surface area (Å²) in [6.45, 7) is 6.99. The Morgan fingerprint density at radius 1 is 1.27 bits per heavy atom. The molecule has 3 nitrogen and oxygen atoms in total. The molecule has 3 heteroatoms.